The molecule has 0 fully saturated rings. The molecule has 2 aromatic carbocycles. The Morgan fingerprint density at radius 3 is 2.67 bits per heavy atom. The lowest BCUT2D eigenvalue weighted by molar-refractivity contribution is -0.123. The van der Waals surface area contributed by atoms with Crippen LogP contribution in [0.5, 0.6) is 0 Å². The molecule has 1 aliphatic rings. The van der Waals surface area contributed by atoms with Gasteiger partial charge >= 0.3 is 0 Å². The predicted molar refractivity (Wildman–Crippen MR) is 129 cm³/mol. The van der Waals surface area contributed by atoms with Crippen LogP contribution in [0, 0.1) is 0 Å². The number of imide groups is 1. The molecule has 0 unspecified atom stereocenters. The van der Waals surface area contributed by atoms with Gasteiger partial charge in [0.25, 0.3) is 11.8 Å². The zero-order valence-electron chi connectivity index (χ0n) is 17.8. The number of aryl methyl sites for hydroxylation is 2. The molecule has 0 saturated carbocycles. The van der Waals surface area contributed by atoms with Crippen molar-refractivity contribution in [3.8, 4) is 0 Å². The van der Waals surface area contributed by atoms with Gasteiger partial charge in [-0.25, -0.2) is 4.98 Å². The molecule has 2 amide bonds. The van der Waals surface area contributed by atoms with E-state index in [1.54, 1.807) is 30.5 Å². The third-order valence-electron chi connectivity index (χ3n) is 5.71. The molecule has 3 heterocycles. The molecule has 0 bridgehead atoms. The Hall–Kier alpha value is -3.84. The van der Waals surface area contributed by atoms with Crippen LogP contribution in [0.1, 0.15) is 18.4 Å². The second-order valence-corrected chi connectivity index (χ2v) is 8.37. The number of carbonyl (C=O) groups excluding carboxylic acids is 2. The Balaban J connectivity index is 1.47. The quantitative estimate of drug-likeness (QED) is 0.301. The van der Waals surface area contributed by atoms with Crippen molar-refractivity contribution in [3.05, 3.63) is 89.7 Å². The van der Waals surface area contributed by atoms with Gasteiger partial charge in [0, 0.05) is 58.9 Å². The number of carbonyl (C=O) groups is 2. The molecule has 0 atom stereocenters. The van der Waals surface area contributed by atoms with Gasteiger partial charge in [-0.05, 0) is 37.1 Å². The number of amides is 2. The number of hydrogen-bond donors (Lipinski definition) is 2. The van der Waals surface area contributed by atoms with Crippen LogP contribution in [0.3, 0.4) is 0 Å². The summed E-state index contributed by atoms with van der Waals surface area (Å²) in [5.74, 6) is -0.861. The standard InChI is InChI=1S/C25H22ClN5O2/c26-17-6-5-7-18(14-17)28-23-22(24(32)29-25(23)33)20-15-31(21-9-2-1-8-19(20)21)12-4-3-11-30-13-10-27-16-30/h1-2,5-10,13-16H,3-4,11-12H2,(H2,28,29,32,33). The number of imidazole rings is 1. The molecule has 33 heavy (non-hydrogen) atoms. The minimum Gasteiger partial charge on any atom is -0.350 e. The summed E-state index contributed by atoms with van der Waals surface area (Å²) in [5.41, 5.74) is 2.96. The molecule has 0 radical (unpaired) electrons. The van der Waals surface area contributed by atoms with Gasteiger partial charge in [-0.15, -0.1) is 0 Å². The van der Waals surface area contributed by atoms with E-state index < -0.39 is 11.8 Å². The van der Waals surface area contributed by atoms with E-state index in [0.29, 0.717) is 16.3 Å². The topological polar surface area (TPSA) is 81.0 Å². The van der Waals surface area contributed by atoms with Crippen LogP contribution in [-0.4, -0.2) is 25.9 Å². The molecule has 2 N–H and O–H groups in total. The zero-order valence-corrected chi connectivity index (χ0v) is 18.5. The van der Waals surface area contributed by atoms with Gasteiger partial charge in [-0.3, -0.25) is 14.9 Å². The van der Waals surface area contributed by atoms with Gasteiger partial charge in [-0.1, -0.05) is 35.9 Å². The average Bonchev–Trinajstić information content (AvgIpc) is 3.51. The maximum absolute atomic E-state index is 12.8. The molecule has 166 valence electrons. The van der Waals surface area contributed by atoms with Crippen molar-refractivity contribution >= 4 is 45.6 Å². The number of benzene rings is 2. The molecule has 8 heteroatoms. The first kappa shape index (κ1) is 21.0. The van der Waals surface area contributed by atoms with Crippen LogP contribution in [0.4, 0.5) is 5.69 Å². The fraction of sp³-hybridized carbons (Fsp3) is 0.160. The van der Waals surface area contributed by atoms with E-state index in [4.69, 9.17) is 11.6 Å². The van der Waals surface area contributed by atoms with E-state index in [2.05, 4.69) is 24.8 Å². The highest BCUT2D eigenvalue weighted by molar-refractivity contribution is 6.38. The Kier molecular flexibility index (Phi) is 5.71. The number of para-hydroxylation sites is 1. The Labute approximate surface area is 195 Å². The number of anilines is 1. The molecule has 0 spiro atoms. The van der Waals surface area contributed by atoms with Crippen molar-refractivity contribution in [1.82, 2.24) is 19.4 Å². The summed E-state index contributed by atoms with van der Waals surface area (Å²) >= 11 is 6.09. The Bertz CT molecular complexity index is 1370. The zero-order chi connectivity index (χ0) is 22.8. The van der Waals surface area contributed by atoms with Gasteiger partial charge in [0.15, 0.2) is 0 Å². The molecule has 5 rings (SSSR count). The number of aromatic nitrogens is 3. The number of fused-ring (bicyclic) bond motifs is 1. The number of unbranched alkanes of at least 4 members (excludes halogenated alkanes) is 1. The third kappa shape index (κ3) is 4.27. The SMILES string of the molecule is O=C1NC(=O)C(c2cn(CCCCn3ccnc3)c3ccccc23)=C1Nc1cccc(Cl)c1. The fourth-order valence-corrected chi connectivity index (χ4v) is 4.36. The lowest BCUT2D eigenvalue weighted by Gasteiger charge is -2.08. The third-order valence-corrected chi connectivity index (χ3v) is 5.94. The summed E-state index contributed by atoms with van der Waals surface area (Å²) in [6.07, 6.45) is 9.49. The average molecular weight is 460 g/mol. The molecular weight excluding hydrogens is 438 g/mol. The van der Waals surface area contributed by atoms with Crippen LogP contribution in [0.25, 0.3) is 16.5 Å². The van der Waals surface area contributed by atoms with Crippen molar-refractivity contribution in [2.45, 2.75) is 25.9 Å². The lowest BCUT2D eigenvalue weighted by Crippen LogP contribution is -2.24. The first-order valence-electron chi connectivity index (χ1n) is 10.8. The Morgan fingerprint density at radius 1 is 1.00 bits per heavy atom. The van der Waals surface area contributed by atoms with Gasteiger partial charge in [-0.2, -0.15) is 0 Å². The van der Waals surface area contributed by atoms with Gasteiger partial charge in [0.2, 0.25) is 0 Å². The van der Waals surface area contributed by atoms with E-state index in [1.165, 1.54) is 0 Å². The van der Waals surface area contributed by atoms with Crippen LogP contribution in [0.15, 0.2) is 79.1 Å². The van der Waals surface area contributed by atoms with Crippen LogP contribution >= 0.6 is 11.6 Å². The maximum atomic E-state index is 12.8. The van der Waals surface area contributed by atoms with Gasteiger partial charge < -0.3 is 14.5 Å². The van der Waals surface area contributed by atoms with Crippen LogP contribution in [0.2, 0.25) is 5.02 Å². The van der Waals surface area contributed by atoms with Crippen molar-refractivity contribution < 1.29 is 9.59 Å². The summed E-state index contributed by atoms with van der Waals surface area (Å²) in [6, 6.07) is 15.0. The normalized spacial score (nSPS) is 13.7. The van der Waals surface area contributed by atoms with Crippen molar-refractivity contribution in [2.75, 3.05) is 5.32 Å². The first-order chi connectivity index (χ1) is 16.1. The van der Waals surface area contributed by atoms with Crippen molar-refractivity contribution in [1.29, 1.82) is 0 Å². The number of hydrogen-bond acceptors (Lipinski definition) is 4. The van der Waals surface area contributed by atoms with Crippen molar-refractivity contribution in [3.63, 3.8) is 0 Å². The highest BCUT2D eigenvalue weighted by atomic mass is 35.5. The summed E-state index contributed by atoms with van der Waals surface area (Å²) < 4.78 is 4.21. The number of halogens is 1. The van der Waals surface area contributed by atoms with Gasteiger partial charge in [0.1, 0.15) is 5.70 Å². The highest BCUT2D eigenvalue weighted by Crippen LogP contribution is 2.33. The molecular formula is C25H22ClN5O2. The fourth-order valence-electron chi connectivity index (χ4n) is 4.17. The van der Waals surface area contributed by atoms with Gasteiger partial charge in [0.05, 0.1) is 11.9 Å². The largest absolute Gasteiger partial charge is 0.350 e. The number of nitrogens with zero attached hydrogens (tertiary/aromatic N) is 3. The molecule has 1 aliphatic heterocycles. The predicted octanol–water partition coefficient (Wildman–Crippen LogP) is 4.45. The van der Waals surface area contributed by atoms with E-state index in [1.807, 2.05) is 43.0 Å². The molecule has 0 aliphatic carbocycles. The van der Waals surface area contributed by atoms with E-state index in [9.17, 15) is 9.59 Å². The number of nitrogens with one attached hydrogen (secondary N) is 2. The smallest absolute Gasteiger partial charge is 0.275 e. The minimum atomic E-state index is -0.452. The molecule has 7 nitrogen and oxygen atoms in total. The second-order valence-electron chi connectivity index (χ2n) is 7.93. The van der Waals surface area contributed by atoms with E-state index >= 15 is 0 Å². The van der Waals surface area contributed by atoms with E-state index in [-0.39, 0.29) is 5.70 Å². The second kappa shape index (κ2) is 8.96. The summed E-state index contributed by atoms with van der Waals surface area (Å²) in [4.78, 5) is 29.5. The monoisotopic (exact) mass is 459 g/mol. The molecule has 4 aromatic rings. The summed E-state index contributed by atoms with van der Waals surface area (Å²) in [6.45, 7) is 1.71. The lowest BCUT2D eigenvalue weighted by atomic mass is 10.0. The molecule has 2 aromatic heterocycles. The number of rotatable bonds is 8. The summed E-state index contributed by atoms with van der Waals surface area (Å²) in [5, 5.41) is 6.99. The molecule has 0 saturated heterocycles. The first-order valence-corrected chi connectivity index (χ1v) is 11.1. The Morgan fingerprint density at radius 2 is 1.85 bits per heavy atom. The maximum Gasteiger partial charge on any atom is 0.275 e. The summed E-state index contributed by atoms with van der Waals surface area (Å²) in [7, 11) is 0. The van der Waals surface area contributed by atoms with Crippen molar-refractivity contribution in [2.24, 2.45) is 0 Å². The van der Waals surface area contributed by atoms with Crippen LogP contribution in [-0.2, 0) is 22.7 Å². The highest BCUT2D eigenvalue weighted by Gasteiger charge is 2.33. The van der Waals surface area contributed by atoms with Crippen LogP contribution < -0.4 is 10.6 Å². The minimum absolute atomic E-state index is 0.227. The van der Waals surface area contributed by atoms with E-state index in [0.717, 1.165) is 42.4 Å².